The fourth-order valence-electron chi connectivity index (χ4n) is 1.48. The van der Waals surface area contributed by atoms with Crippen molar-refractivity contribution >= 4 is 41.2 Å². The third-order valence-corrected chi connectivity index (χ3v) is 5.90. The van der Waals surface area contributed by atoms with Gasteiger partial charge in [-0.1, -0.05) is 54.1 Å². The largest absolute Gasteiger partial charge is 0.202 e. The molecule has 3 heteroatoms. The van der Waals surface area contributed by atoms with E-state index in [-0.39, 0.29) is 0 Å². The van der Waals surface area contributed by atoms with E-state index in [1.165, 1.54) is 5.19 Å². The summed E-state index contributed by atoms with van der Waals surface area (Å²) in [6.45, 7) is 0. The molecule has 1 atom stereocenters. The van der Waals surface area contributed by atoms with Crippen molar-refractivity contribution in [2.75, 3.05) is 0 Å². The molecule has 0 aliphatic heterocycles. The van der Waals surface area contributed by atoms with Crippen molar-refractivity contribution in [1.82, 2.24) is 0 Å². The molecule has 0 aliphatic carbocycles. The Labute approximate surface area is 101 Å². The van der Waals surface area contributed by atoms with Crippen LogP contribution in [-0.4, -0.2) is 8.11 Å². The van der Waals surface area contributed by atoms with Crippen LogP contribution in [0.2, 0.25) is 5.02 Å². The van der Waals surface area contributed by atoms with Crippen LogP contribution in [0.3, 0.4) is 0 Å². The highest BCUT2D eigenvalue weighted by Gasteiger charge is 2.12. The molecule has 0 radical (unpaired) electrons. The molecule has 0 fully saturated rings. The molecule has 76 valence electrons. The Kier molecular flexibility index (Phi) is 3.47. The quantitative estimate of drug-likeness (QED) is 0.569. The first-order valence-corrected chi connectivity index (χ1v) is 8.00. The van der Waals surface area contributed by atoms with Crippen LogP contribution in [0.1, 0.15) is 0 Å². The van der Waals surface area contributed by atoms with Gasteiger partial charge in [0.25, 0.3) is 0 Å². The van der Waals surface area contributed by atoms with Crippen molar-refractivity contribution in [3.8, 4) is 0 Å². The summed E-state index contributed by atoms with van der Waals surface area (Å²) in [4.78, 5) is 0. The molecule has 2 rings (SSSR count). The Bertz CT molecular complexity index is 442. The first-order valence-electron chi connectivity index (χ1n) is 4.72. The normalized spacial score (nSPS) is 12.4. The van der Waals surface area contributed by atoms with Crippen LogP contribution >= 0.6 is 22.7 Å². The molecule has 0 bridgehead atoms. The van der Waals surface area contributed by atoms with Crippen molar-refractivity contribution < 1.29 is 0 Å². The van der Waals surface area contributed by atoms with E-state index < -0.39 is 8.11 Å². The molecule has 0 aliphatic rings. The lowest BCUT2D eigenvalue weighted by Crippen LogP contribution is -2.36. The van der Waals surface area contributed by atoms with Gasteiger partial charge in [-0.3, -0.25) is 0 Å². The lowest BCUT2D eigenvalue weighted by Gasteiger charge is -2.08. The molecule has 15 heavy (non-hydrogen) atoms. The lowest BCUT2D eigenvalue weighted by atomic mass is 10.4. The number of hydrogen-bond acceptors (Lipinski definition) is 0. The van der Waals surface area contributed by atoms with Gasteiger partial charge in [0, 0.05) is 5.02 Å². The Balaban J connectivity index is 2.32. The third-order valence-electron chi connectivity index (χ3n) is 2.23. The highest BCUT2D eigenvalue weighted by molar-refractivity contribution is 7.21. The monoisotopic (exact) mass is 252 g/mol. The molecule has 0 N–H and O–H groups in total. The number of benzene rings is 2. The van der Waals surface area contributed by atoms with Crippen LogP contribution in [0.5, 0.6) is 0 Å². The Morgan fingerprint density at radius 2 is 1.47 bits per heavy atom. The molecule has 2 aromatic carbocycles. The topological polar surface area (TPSA) is 0 Å². The highest BCUT2D eigenvalue weighted by Crippen LogP contribution is 2.05. The van der Waals surface area contributed by atoms with Crippen LogP contribution in [0.15, 0.2) is 54.6 Å². The van der Waals surface area contributed by atoms with Crippen molar-refractivity contribution in [2.45, 2.75) is 0 Å². The second-order valence-electron chi connectivity index (χ2n) is 3.33. The summed E-state index contributed by atoms with van der Waals surface area (Å²) in [7, 11) is -1.56. The molecule has 0 heterocycles. The van der Waals surface area contributed by atoms with E-state index in [1.807, 2.05) is 42.5 Å². The van der Waals surface area contributed by atoms with Gasteiger partial charge in [-0.2, -0.15) is 11.1 Å². The standard InChI is InChI=1S/C12H10Cl2Si/c13-10-5-4-8-12(9-10)15(14)11-6-2-1-3-7-11/h1-9,15H. The minimum absolute atomic E-state index is 0.751. The second kappa shape index (κ2) is 4.84. The maximum absolute atomic E-state index is 6.48. The summed E-state index contributed by atoms with van der Waals surface area (Å²) >= 11 is 12.4. The van der Waals surface area contributed by atoms with E-state index in [0.29, 0.717) is 0 Å². The van der Waals surface area contributed by atoms with Crippen LogP contribution in [-0.2, 0) is 0 Å². The van der Waals surface area contributed by atoms with E-state index in [4.69, 9.17) is 22.7 Å². The number of rotatable bonds is 2. The molecular weight excluding hydrogens is 243 g/mol. The average Bonchev–Trinajstić information content (AvgIpc) is 2.29. The smallest absolute Gasteiger partial charge is 0.159 e. The molecule has 0 amide bonds. The SMILES string of the molecule is Clc1cccc([SiH](Cl)c2ccccc2)c1. The minimum atomic E-state index is -1.56. The summed E-state index contributed by atoms with van der Waals surface area (Å²) in [6.07, 6.45) is 0. The average molecular weight is 253 g/mol. The van der Waals surface area contributed by atoms with Crippen LogP contribution in [0, 0.1) is 0 Å². The third kappa shape index (κ3) is 2.62. The molecule has 0 saturated heterocycles. The summed E-state index contributed by atoms with van der Waals surface area (Å²) in [6, 6.07) is 18.0. The molecular formula is C12H10Cl2Si. The van der Waals surface area contributed by atoms with Gasteiger partial charge in [0.2, 0.25) is 8.11 Å². The fraction of sp³-hybridized carbons (Fsp3) is 0. The summed E-state index contributed by atoms with van der Waals surface area (Å²) < 4.78 is 0. The predicted octanol–water partition coefficient (Wildman–Crippen LogP) is 2.42. The van der Waals surface area contributed by atoms with Crippen LogP contribution in [0.25, 0.3) is 0 Å². The van der Waals surface area contributed by atoms with E-state index >= 15 is 0 Å². The maximum Gasteiger partial charge on any atom is 0.202 e. The molecule has 0 nitrogen and oxygen atoms in total. The Morgan fingerprint density at radius 1 is 0.800 bits per heavy atom. The van der Waals surface area contributed by atoms with Gasteiger partial charge in [0.1, 0.15) is 0 Å². The first-order chi connectivity index (χ1) is 7.27. The molecule has 2 aromatic rings. The van der Waals surface area contributed by atoms with Gasteiger partial charge in [-0.15, -0.1) is 0 Å². The number of hydrogen-bond donors (Lipinski definition) is 0. The van der Waals surface area contributed by atoms with Gasteiger partial charge in [0.15, 0.2) is 0 Å². The summed E-state index contributed by atoms with van der Waals surface area (Å²) in [5.41, 5.74) is 0. The highest BCUT2D eigenvalue weighted by atomic mass is 35.6. The van der Waals surface area contributed by atoms with Gasteiger partial charge in [-0.05, 0) is 22.5 Å². The Morgan fingerprint density at radius 3 is 2.13 bits per heavy atom. The first kappa shape index (κ1) is 10.7. The number of halogens is 2. The van der Waals surface area contributed by atoms with Crippen molar-refractivity contribution in [1.29, 1.82) is 0 Å². The van der Waals surface area contributed by atoms with Crippen LogP contribution in [0.4, 0.5) is 0 Å². The molecule has 0 saturated carbocycles. The zero-order valence-electron chi connectivity index (χ0n) is 8.03. The lowest BCUT2D eigenvalue weighted by molar-refractivity contribution is 1.74. The molecule has 1 unspecified atom stereocenters. The molecule has 0 spiro atoms. The molecule has 0 aromatic heterocycles. The van der Waals surface area contributed by atoms with Gasteiger partial charge in [-0.25, -0.2) is 0 Å². The van der Waals surface area contributed by atoms with Gasteiger partial charge in [0.05, 0.1) is 0 Å². The van der Waals surface area contributed by atoms with Crippen LogP contribution < -0.4 is 10.4 Å². The Hall–Kier alpha value is -0.763. The zero-order valence-corrected chi connectivity index (χ0v) is 10.7. The van der Waals surface area contributed by atoms with Gasteiger partial charge < -0.3 is 0 Å². The van der Waals surface area contributed by atoms with Crippen molar-refractivity contribution in [3.63, 3.8) is 0 Å². The zero-order chi connectivity index (χ0) is 10.7. The maximum atomic E-state index is 6.48. The minimum Gasteiger partial charge on any atom is -0.159 e. The predicted molar refractivity (Wildman–Crippen MR) is 70.2 cm³/mol. The van der Waals surface area contributed by atoms with E-state index in [0.717, 1.165) is 10.2 Å². The van der Waals surface area contributed by atoms with E-state index in [2.05, 4.69) is 12.1 Å². The summed E-state index contributed by atoms with van der Waals surface area (Å²) in [5, 5.41) is 3.14. The van der Waals surface area contributed by atoms with E-state index in [1.54, 1.807) is 0 Å². The summed E-state index contributed by atoms with van der Waals surface area (Å²) in [5.74, 6) is 0. The fourth-order valence-corrected chi connectivity index (χ4v) is 4.18. The second-order valence-corrected chi connectivity index (χ2v) is 7.13. The van der Waals surface area contributed by atoms with Crippen molar-refractivity contribution in [3.05, 3.63) is 59.6 Å². The van der Waals surface area contributed by atoms with E-state index in [9.17, 15) is 0 Å². The van der Waals surface area contributed by atoms with Crippen molar-refractivity contribution in [2.24, 2.45) is 0 Å². The van der Waals surface area contributed by atoms with Gasteiger partial charge >= 0.3 is 0 Å².